The van der Waals surface area contributed by atoms with E-state index >= 15 is 0 Å². The van der Waals surface area contributed by atoms with Gasteiger partial charge >= 0.3 is 0 Å². The Labute approximate surface area is 97.5 Å². The normalized spacial score (nSPS) is 10.3. The highest BCUT2D eigenvalue weighted by molar-refractivity contribution is 9.10. The zero-order valence-corrected chi connectivity index (χ0v) is 10.0. The molecule has 0 amide bonds. The lowest BCUT2D eigenvalue weighted by molar-refractivity contribution is 1.05. The molecule has 0 aliphatic carbocycles. The van der Waals surface area contributed by atoms with Gasteiger partial charge in [0.25, 0.3) is 0 Å². The highest BCUT2D eigenvalue weighted by atomic mass is 79.9. The summed E-state index contributed by atoms with van der Waals surface area (Å²) in [4.78, 5) is 8.66. The number of halogens is 1. The van der Waals surface area contributed by atoms with Gasteiger partial charge in [-0.2, -0.15) is 0 Å². The molecule has 15 heavy (non-hydrogen) atoms. The molecule has 3 heteroatoms. The molecular weight excluding hydrogens is 252 g/mol. The molecule has 2 nitrogen and oxygen atoms in total. The minimum Gasteiger partial charge on any atom is -0.236 e. The fourth-order valence-electron chi connectivity index (χ4n) is 1.31. The van der Waals surface area contributed by atoms with Crippen molar-refractivity contribution in [1.29, 1.82) is 0 Å². The standard InChI is InChI=1S/C12H11BrN2/c1-2-9-7-14-12(15-8-9)10-4-3-5-11(13)6-10/h3-8H,2H2,1H3. The monoisotopic (exact) mass is 262 g/mol. The first-order chi connectivity index (χ1) is 7.29. The largest absolute Gasteiger partial charge is 0.236 e. The number of hydrogen-bond donors (Lipinski definition) is 0. The second kappa shape index (κ2) is 4.53. The molecule has 0 fully saturated rings. The van der Waals surface area contributed by atoms with Crippen molar-refractivity contribution in [1.82, 2.24) is 9.97 Å². The van der Waals surface area contributed by atoms with Gasteiger partial charge in [0.05, 0.1) is 0 Å². The zero-order chi connectivity index (χ0) is 10.7. The third kappa shape index (κ3) is 2.42. The topological polar surface area (TPSA) is 25.8 Å². The summed E-state index contributed by atoms with van der Waals surface area (Å²) in [5.41, 5.74) is 2.20. The number of hydrogen-bond acceptors (Lipinski definition) is 2. The smallest absolute Gasteiger partial charge is 0.159 e. The van der Waals surface area contributed by atoms with Crippen molar-refractivity contribution in [2.24, 2.45) is 0 Å². The number of aromatic nitrogens is 2. The summed E-state index contributed by atoms with van der Waals surface area (Å²) in [6, 6.07) is 7.99. The Bertz CT molecular complexity index is 451. The molecule has 0 saturated carbocycles. The van der Waals surface area contributed by atoms with E-state index in [0.717, 1.165) is 27.8 Å². The second-order valence-corrected chi connectivity index (χ2v) is 4.19. The molecule has 0 saturated heterocycles. The van der Waals surface area contributed by atoms with Crippen molar-refractivity contribution >= 4 is 15.9 Å². The predicted molar refractivity (Wildman–Crippen MR) is 64.5 cm³/mol. The highest BCUT2D eigenvalue weighted by Crippen LogP contribution is 2.19. The van der Waals surface area contributed by atoms with Crippen molar-refractivity contribution in [2.75, 3.05) is 0 Å². The van der Waals surface area contributed by atoms with E-state index in [-0.39, 0.29) is 0 Å². The number of nitrogens with zero attached hydrogens (tertiary/aromatic N) is 2. The maximum atomic E-state index is 4.33. The fourth-order valence-corrected chi connectivity index (χ4v) is 1.71. The van der Waals surface area contributed by atoms with Crippen LogP contribution in [0.5, 0.6) is 0 Å². The lowest BCUT2D eigenvalue weighted by Gasteiger charge is -2.01. The third-order valence-corrected chi connectivity index (χ3v) is 2.69. The number of aryl methyl sites for hydroxylation is 1. The number of benzene rings is 1. The van der Waals surface area contributed by atoms with Crippen molar-refractivity contribution in [3.8, 4) is 11.4 Å². The molecule has 0 spiro atoms. The van der Waals surface area contributed by atoms with Gasteiger partial charge in [-0.05, 0) is 24.1 Å². The average molecular weight is 263 g/mol. The van der Waals surface area contributed by atoms with E-state index in [2.05, 4.69) is 32.8 Å². The highest BCUT2D eigenvalue weighted by Gasteiger charge is 2.00. The SMILES string of the molecule is CCc1cnc(-c2cccc(Br)c2)nc1. The first-order valence-electron chi connectivity index (χ1n) is 4.86. The van der Waals surface area contributed by atoms with Crippen LogP contribution in [0, 0.1) is 0 Å². The van der Waals surface area contributed by atoms with E-state index < -0.39 is 0 Å². The summed E-state index contributed by atoms with van der Waals surface area (Å²) < 4.78 is 1.04. The minimum absolute atomic E-state index is 0.772. The Morgan fingerprint density at radius 2 is 1.93 bits per heavy atom. The van der Waals surface area contributed by atoms with Gasteiger partial charge in [0.2, 0.25) is 0 Å². The molecule has 0 bridgehead atoms. The first kappa shape index (κ1) is 10.3. The maximum absolute atomic E-state index is 4.33. The van der Waals surface area contributed by atoms with Crippen molar-refractivity contribution in [3.05, 3.63) is 46.7 Å². The lowest BCUT2D eigenvalue weighted by Crippen LogP contribution is -1.90. The molecule has 1 aromatic heterocycles. The van der Waals surface area contributed by atoms with Gasteiger partial charge in [0.1, 0.15) is 0 Å². The molecule has 2 rings (SSSR count). The van der Waals surface area contributed by atoms with Crippen LogP contribution in [0.4, 0.5) is 0 Å². The van der Waals surface area contributed by atoms with E-state index in [9.17, 15) is 0 Å². The van der Waals surface area contributed by atoms with Crippen LogP contribution in [-0.2, 0) is 6.42 Å². The van der Waals surface area contributed by atoms with Crippen molar-refractivity contribution in [3.63, 3.8) is 0 Å². The van der Waals surface area contributed by atoms with Gasteiger partial charge in [0, 0.05) is 22.4 Å². The summed E-state index contributed by atoms with van der Waals surface area (Å²) in [5.74, 6) is 0.772. The van der Waals surface area contributed by atoms with Crippen molar-refractivity contribution < 1.29 is 0 Å². The van der Waals surface area contributed by atoms with Crippen LogP contribution in [0.3, 0.4) is 0 Å². The summed E-state index contributed by atoms with van der Waals surface area (Å²) in [6.45, 7) is 2.09. The number of rotatable bonds is 2. The Balaban J connectivity index is 2.37. The maximum Gasteiger partial charge on any atom is 0.159 e. The average Bonchev–Trinajstić information content (AvgIpc) is 2.29. The Morgan fingerprint density at radius 1 is 1.20 bits per heavy atom. The minimum atomic E-state index is 0.772. The molecule has 1 aromatic carbocycles. The Kier molecular flexibility index (Phi) is 3.11. The van der Waals surface area contributed by atoms with Gasteiger partial charge in [-0.25, -0.2) is 9.97 Å². The first-order valence-corrected chi connectivity index (χ1v) is 5.65. The van der Waals surface area contributed by atoms with Gasteiger partial charge in [0.15, 0.2) is 5.82 Å². The van der Waals surface area contributed by atoms with E-state index in [1.165, 1.54) is 0 Å². The fraction of sp³-hybridized carbons (Fsp3) is 0.167. The Morgan fingerprint density at radius 3 is 2.53 bits per heavy atom. The molecule has 1 heterocycles. The Hall–Kier alpha value is -1.22. The predicted octanol–water partition coefficient (Wildman–Crippen LogP) is 3.47. The summed E-state index contributed by atoms with van der Waals surface area (Å²) >= 11 is 3.43. The van der Waals surface area contributed by atoms with Crippen LogP contribution in [0.15, 0.2) is 41.1 Å². The molecule has 0 aliphatic heterocycles. The molecule has 76 valence electrons. The molecular formula is C12H11BrN2. The van der Waals surface area contributed by atoms with Crippen LogP contribution in [0.1, 0.15) is 12.5 Å². The molecule has 0 unspecified atom stereocenters. The second-order valence-electron chi connectivity index (χ2n) is 3.28. The van der Waals surface area contributed by atoms with Gasteiger partial charge in [-0.3, -0.25) is 0 Å². The molecule has 0 atom stereocenters. The summed E-state index contributed by atoms with van der Waals surface area (Å²) in [5, 5.41) is 0. The van der Waals surface area contributed by atoms with E-state index in [0.29, 0.717) is 0 Å². The summed E-state index contributed by atoms with van der Waals surface area (Å²) in [6.07, 6.45) is 4.73. The van der Waals surface area contributed by atoms with Crippen molar-refractivity contribution in [2.45, 2.75) is 13.3 Å². The van der Waals surface area contributed by atoms with Crippen LogP contribution >= 0.6 is 15.9 Å². The molecule has 0 N–H and O–H groups in total. The zero-order valence-electron chi connectivity index (χ0n) is 8.44. The van der Waals surface area contributed by atoms with Gasteiger partial charge in [-0.1, -0.05) is 35.0 Å². The van der Waals surface area contributed by atoms with E-state index in [4.69, 9.17) is 0 Å². The molecule has 2 aromatic rings. The van der Waals surface area contributed by atoms with Gasteiger partial charge < -0.3 is 0 Å². The quantitative estimate of drug-likeness (QED) is 0.829. The third-order valence-electron chi connectivity index (χ3n) is 2.20. The van der Waals surface area contributed by atoms with E-state index in [1.807, 2.05) is 36.7 Å². The van der Waals surface area contributed by atoms with Crippen LogP contribution in [0.25, 0.3) is 11.4 Å². The lowest BCUT2D eigenvalue weighted by atomic mass is 10.2. The summed E-state index contributed by atoms with van der Waals surface area (Å²) in [7, 11) is 0. The van der Waals surface area contributed by atoms with Crippen LogP contribution in [0.2, 0.25) is 0 Å². The van der Waals surface area contributed by atoms with Crippen LogP contribution in [-0.4, -0.2) is 9.97 Å². The molecule has 0 radical (unpaired) electrons. The van der Waals surface area contributed by atoms with E-state index in [1.54, 1.807) is 0 Å². The van der Waals surface area contributed by atoms with Crippen LogP contribution < -0.4 is 0 Å². The molecule has 0 aliphatic rings. The van der Waals surface area contributed by atoms with Gasteiger partial charge in [-0.15, -0.1) is 0 Å².